The van der Waals surface area contributed by atoms with Gasteiger partial charge in [0.2, 0.25) is 0 Å². The van der Waals surface area contributed by atoms with Gasteiger partial charge in [-0.3, -0.25) is 0 Å². The Morgan fingerprint density at radius 3 is 2.53 bits per heavy atom. The normalized spacial score (nSPS) is 17.8. The number of aromatic hydroxyl groups is 1. The van der Waals surface area contributed by atoms with Crippen LogP contribution in [0.1, 0.15) is 37.3 Å². The van der Waals surface area contributed by atoms with Gasteiger partial charge in [0, 0.05) is 11.6 Å². The lowest BCUT2D eigenvalue weighted by Crippen LogP contribution is -2.19. The van der Waals surface area contributed by atoms with Crippen molar-refractivity contribution < 1.29 is 9.50 Å². The third-order valence-electron chi connectivity index (χ3n) is 3.37. The topological polar surface area (TPSA) is 46.2 Å². The first kappa shape index (κ1) is 14.7. The van der Waals surface area contributed by atoms with Crippen LogP contribution in [0.2, 0.25) is 0 Å². The first-order chi connectivity index (χ1) is 7.61. The Morgan fingerprint density at radius 1 is 1.35 bits per heavy atom. The van der Waals surface area contributed by atoms with E-state index in [4.69, 9.17) is 5.73 Å². The van der Waals surface area contributed by atoms with Crippen molar-refractivity contribution in [1.29, 1.82) is 0 Å². The van der Waals surface area contributed by atoms with E-state index >= 15 is 0 Å². The van der Waals surface area contributed by atoms with Crippen molar-refractivity contribution in [3.63, 3.8) is 0 Å². The SMILES string of the molecule is Cl.N[C@@H](c1ccc(F)c(Br)c1O)C1CCCC1. The second-order valence-corrected chi connectivity index (χ2v) is 5.16. The quantitative estimate of drug-likeness (QED) is 0.866. The van der Waals surface area contributed by atoms with Gasteiger partial charge in [-0.05, 0) is 40.8 Å². The van der Waals surface area contributed by atoms with Crippen LogP contribution in [0.15, 0.2) is 16.6 Å². The highest BCUT2D eigenvalue weighted by Crippen LogP contribution is 2.40. The van der Waals surface area contributed by atoms with Crippen LogP contribution in [-0.4, -0.2) is 5.11 Å². The average molecular weight is 325 g/mol. The molecule has 0 saturated heterocycles. The summed E-state index contributed by atoms with van der Waals surface area (Å²) in [5.74, 6) is -0.109. The van der Waals surface area contributed by atoms with Crippen molar-refractivity contribution in [1.82, 2.24) is 0 Å². The third-order valence-corrected chi connectivity index (χ3v) is 4.12. The summed E-state index contributed by atoms with van der Waals surface area (Å²) in [6.45, 7) is 0. The molecular weight excluding hydrogens is 308 g/mol. The molecule has 3 N–H and O–H groups in total. The van der Waals surface area contributed by atoms with Crippen molar-refractivity contribution >= 4 is 28.3 Å². The Morgan fingerprint density at radius 2 is 1.94 bits per heavy atom. The van der Waals surface area contributed by atoms with E-state index in [1.54, 1.807) is 6.07 Å². The van der Waals surface area contributed by atoms with Gasteiger partial charge < -0.3 is 10.8 Å². The van der Waals surface area contributed by atoms with E-state index in [0.29, 0.717) is 11.5 Å². The molecule has 2 rings (SSSR count). The molecule has 1 aliphatic carbocycles. The number of benzene rings is 1. The summed E-state index contributed by atoms with van der Waals surface area (Å²) in [6.07, 6.45) is 4.58. The first-order valence-corrected chi connectivity index (χ1v) is 6.33. The summed E-state index contributed by atoms with van der Waals surface area (Å²) >= 11 is 3.03. The minimum absolute atomic E-state index is 0. The van der Waals surface area contributed by atoms with Crippen LogP contribution in [-0.2, 0) is 0 Å². The zero-order valence-corrected chi connectivity index (χ0v) is 11.7. The molecular formula is C12H16BrClFNO. The molecule has 1 aromatic carbocycles. The molecule has 1 saturated carbocycles. The molecule has 96 valence electrons. The monoisotopic (exact) mass is 323 g/mol. The highest BCUT2D eigenvalue weighted by atomic mass is 79.9. The summed E-state index contributed by atoms with van der Waals surface area (Å²) in [5, 5.41) is 9.84. The fourth-order valence-corrected chi connectivity index (χ4v) is 2.76. The molecule has 0 radical (unpaired) electrons. The van der Waals surface area contributed by atoms with E-state index in [0.717, 1.165) is 12.8 Å². The van der Waals surface area contributed by atoms with Gasteiger partial charge in [0.1, 0.15) is 11.6 Å². The van der Waals surface area contributed by atoms with E-state index in [9.17, 15) is 9.50 Å². The van der Waals surface area contributed by atoms with E-state index < -0.39 is 5.82 Å². The molecule has 2 nitrogen and oxygen atoms in total. The van der Waals surface area contributed by atoms with E-state index in [-0.39, 0.29) is 28.7 Å². The van der Waals surface area contributed by atoms with Crippen LogP contribution < -0.4 is 5.73 Å². The zero-order valence-electron chi connectivity index (χ0n) is 9.33. The second-order valence-electron chi connectivity index (χ2n) is 4.37. The number of halogens is 3. The van der Waals surface area contributed by atoms with E-state index in [1.165, 1.54) is 18.9 Å². The van der Waals surface area contributed by atoms with Crippen LogP contribution in [0, 0.1) is 11.7 Å². The molecule has 1 atom stereocenters. The Bertz CT molecular complexity index is 396. The fourth-order valence-electron chi connectivity index (χ4n) is 2.39. The van der Waals surface area contributed by atoms with Crippen LogP contribution in [0.3, 0.4) is 0 Å². The molecule has 0 spiro atoms. The highest BCUT2D eigenvalue weighted by Gasteiger charge is 2.26. The lowest BCUT2D eigenvalue weighted by Gasteiger charge is -2.20. The fraction of sp³-hybridized carbons (Fsp3) is 0.500. The van der Waals surface area contributed by atoms with Crippen molar-refractivity contribution in [2.75, 3.05) is 0 Å². The minimum atomic E-state index is -0.458. The molecule has 0 heterocycles. The second kappa shape index (κ2) is 6.03. The van der Waals surface area contributed by atoms with E-state index in [1.807, 2.05) is 0 Å². The van der Waals surface area contributed by atoms with Gasteiger partial charge in [0.25, 0.3) is 0 Å². The largest absolute Gasteiger partial charge is 0.506 e. The number of hydrogen-bond acceptors (Lipinski definition) is 2. The number of nitrogens with two attached hydrogens (primary N) is 1. The maximum absolute atomic E-state index is 13.2. The Labute approximate surface area is 115 Å². The smallest absolute Gasteiger partial charge is 0.141 e. The Kier molecular flexibility index (Phi) is 5.22. The van der Waals surface area contributed by atoms with Crippen molar-refractivity contribution in [2.45, 2.75) is 31.7 Å². The summed E-state index contributed by atoms with van der Waals surface area (Å²) in [5.41, 5.74) is 6.76. The maximum Gasteiger partial charge on any atom is 0.141 e. The molecule has 1 aliphatic rings. The molecule has 0 aliphatic heterocycles. The summed E-state index contributed by atoms with van der Waals surface area (Å²) < 4.78 is 13.3. The number of phenols is 1. The number of rotatable bonds is 2. The minimum Gasteiger partial charge on any atom is -0.506 e. The molecule has 0 bridgehead atoms. The van der Waals surface area contributed by atoms with Gasteiger partial charge in [-0.1, -0.05) is 18.9 Å². The third kappa shape index (κ3) is 2.92. The van der Waals surface area contributed by atoms with Crippen LogP contribution in [0.25, 0.3) is 0 Å². The predicted molar refractivity (Wildman–Crippen MR) is 71.9 cm³/mol. The van der Waals surface area contributed by atoms with Gasteiger partial charge in [0.15, 0.2) is 0 Å². The molecule has 1 aromatic rings. The summed E-state index contributed by atoms with van der Waals surface area (Å²) in [4.78, 5) is 0. The predicted octanol–water partition coefficient (Wildman–Crippen LogP) is 3.91. The van der Waals surface area contributed by atoms with Crippen molar-refractivity contribution in [2.24, 2.45) is 11.7 Å². The molecule has 5 heteroatoms. The standard InChI is InChI=1S/C12H15BrFNO.ClH/c13-10-9(14)6-5-8(12(10)16)11(15)7-3-1-2-4-7;/h5-7,11,16H,1-4,15H2;1H/t11-;/m1./s1. The van der Waals surface area contributed by atoms with Gasteiger partial charge in [0.05, 0.1) is 4.47 Å². The Hall–Kier alpha value is -0.320. The lowest BCUT2D eigenvalue weighted by molar-refractivity contribution is 0.407. The van der Waals surface area contributed by atoms with Gasteiger partial charge in [-0.25, -0.2) is 4.39 Å². The first-order valence-electron chi connectivity index (χ1n) is 5.53. The molecule has 17 heavy (non-hydrogen) atoms. The summed E-state index contributed by atoms with van der Waals surface area (Å²) in [6, 6.07) is 2.73. The number of phenolic OH excluding ortho intramolecular Hbond substituents is 1. The lowest BCUT2D eigenvalue weighted by atomic mass is 9.92. The van der Waals surface area contributed by atoms with Crippen LogP contribution in [0.4, 0.5) is 4.39 Å². The zero-order chi connectivity index (χ0) is 11.7. The molecule has 1 fully saturated rings. The van der Waals surface area contributed by atoms with Gasteiger partial charge in [-0.15, -0.1) is 12.4 Å². The van der Waals surface area contributed by atoms with Gasteiger partial charge >= 0.3 is 0 Å². The molecule has 0 unspecified atom stereocenters. The molecule has 0 amide bonds. The molecule has 0 aromatic heterocycles. The van der Waals surface area contributed by atoms with Crippen LogP contribution >= 0.6 is 28.3 Å². The van der Waals surface area contributed by atoms with Gasteiger partial charge in [-0.2, -0.15) is 0 Å². The average Bonchev–Trinajstić information content (AvgIpc) is 2.79. The van der Waals surface area contributed by atoms with Crippen molar-refractivity contribution in [3.8, 4) is 5.75 Å². The highest BCUT2D eigenvalue weighted by molar-refractivity contribution is 9.10. The maximum atomic E-state index is 13.2. The van der Waals surface area contributed by atoms with E-state index in [2.05, 4.69) is 15.9 Å². The number of hydrogen-bond donors (Lipinski definition) is 2. The van der Waals surface area contributed by atoms with Crippen LogP contribution in [0.5, 0.6) is 5.75 Å². The summed E-state index contributed by atoms with van der Waals surface area (Å²) in [7, 11) is 0. The Balaban J connectivity index is 0.00000144. The van der Waals surface area contributed by atoms with Crippen molar-refractivity contribution in [3.05, 3.63) is 28.0 Å².